The first kappa shape index (κ1) is 11.6. The van der Waals surface area contributed by atoms with Crippen molar-refractivity contribution in [3.8, 4) is 0 Å². The van der Waals surface area contributed by atoms with Gasteiger partial charge in [-0.1, -0.05) is 24.3 Å². The number of hydrogen-bond acceptors (Lipinski definition) is 2. The van der Waals surface area contributed by atoms with Crippen molar-refractivity contribution < 1.29 is 0 Å². The SMILES string of the molecule is Cc1ccccc1CN1CCC(C(C)N)C1. The van der Waals surface area contributed by atoms with Crippen LogP contribution >= 0.6 is 0 Å². The van der Waals surface area contributed by atoms with Crippen LogP contribution in [0.4, 0.5) is 0 Å². The molecule has 2 atom stereocenters. The van der Waals surface area contributed by atoms with E-state index in [9.17, 15) is 0 Å². The number of nitrogens with two attached hydrogens (primary N) is 1. The summed E-state index contributed by atoms with van der Waals surface area (Å²) < 4.78 is 0. The van der Waals surface area contributed by atoms with Gasteiger partial charge in [-0.25, -0.2) is 0 Å². The number of benzene rings is 1. The van der Waals surface area contributed by atoms with E-state index in [2.05, 4.69) is 43.0 Å². The molecule has 0 bridgehead atoms. The van der Waals surface area contributed by atoms with Crippen LogP contribution in [-0.2, 0) is 6.54 Å². The Balaban J connectivity index is 1.95. The Morgan fingerprint density at radius 1 is 1.44 bits per heavy atom. The molecule has 1 aromatic rings. The fourth-order valence-corrected chi connectivity index (χ4v) is 2.46. The summed E-state index contributed by atoms with van der Waals surface area (Å²) in [6, 6.07) is 8.99. The summed E-state index contributed by atoms with van der Waals surface area (Å²) in [6.45, 7) is 7.75. The van der Waals surface area contributed by atoms with Gasteiger partial charge in [-0.2, -0.15) is 0 Å². The molecule has 0 aliphatic carbocycles. The Bertz CT molecular complexity index is 346. The molecule has 0 aromatic heterocycles. The summed E-state index contributed by atoms with van der Waals surface area (Å²) in [7, 11) is 0. The van der Waals surface area contributed by atoms with Crippen LogP contribution in [-0.4, -0.2) is 24.0 Å². The highest BCUT2D eigenvalue weighted by Crippen LogP contribution is 2.21. The van der Waals surface area contributed by atoms with Gasteiger partial charge in [0.1, 0.15) is 0 Å². The molecule has 1 fully saturated rings. The maximum atomic E-state index is 5.96. The summed E-state index contributed by atoms with van der Waals surface area (Å²) in [4.78, 5) is 2.52. The Labute approximate surface area is 98.4 Å². The van der Waals surface area contributed by atoms with Crippen LogP contribution < -0.4 is 5.73 Å². The van der Waals surface area contributed by atoms with Crippen molar-refractivity contribution in [1.82, 2.24) is 4.90 Å². The molecule has 1 saturated heterocycles. The number of aryl methyl sites for hydroxylation is 1. The van der Waals surface area contributed by atoms with Gasteiger partial charge >= 0.3 is 0 Å². The van der Waals surface area contributed by atoms with E-state index in [1.165, 1.54) is 24.1 Å². The van der Waals surface area contributed by atoms with Crippen molar-refractivity contribution in [2.45, 2.75) is 32.9 Å². The van der Waals surface area contributed by atoms with Crippen LogP contribution in [0.5, 0.6) is 0 Å². The zero-order valence-corrected chi connectivity index (χ0v) is 10.3. The molecule has 16 heavy (non-hydrogen) atoms. The van der Waals surface area contributed by atoms with E-state index in [0.717, 1.165) is 13.1 Å². The molecule has 0 spiro atoms. The molecule has 2 nitrogen and oxygen atoms in total. The highest BCUT2D eigenvalue weighted by molar-refractivity contribution is 5.25. The normalized spacial score (nSPS) is 23.6. The van der Waals surface area contributed by atoms with E-state index in [-0.39, 0.29) is 0 Å². The molecule has 2 heteroatoms. The molecule has 0 amide bonds. The lowest BCUT2D eigenvalue weighted by Gasteiger charge is -2.18. The summed E-state index contributed by atoms with van der Waals surface area (Å²) in [5.74, 6) is 0.684. The first-order valence-electron chi connectivity index (χ1n) is 6.19. The molecule has 2 unspecified atom stereocenters. The van der Waals surface area contributed by atoms with Crippen LogP contribution in [0.25, 0.3) is 0 Å². The third kappa shape index (κ3) is 2.63. The van der Waals surface area contributed by atoms with Crippen LogP contribution in [0, 0.1) is 12.8 Å². The van der Waals surface area contributed by atoms with Crippen LogP contribution in [0.15, 0.2) is 24.3 Å². The Morgan fingerprint density at radius 2 is 2.19 bits per heavy atom. The number of likely N-dealkylation sites (tertiary alicyclic amines) is 1. The quantitative estimate of drug-likeness (QED) is 0.842. The summed E-state index contributed by atoms with van der Waals surface area (Å²) in [5, 5.41) is 0. The van der Waals surface area contributed by atoms with Crippen molar-refractivity contribution in [2.75, 3.05) is 13.1 Å². The standard InChI is InChI=1S/C14H22N2/c1-11-5-3-4-6-13(11)9-16-8-7-14(10-16)12(2)15/h3-6,12,14H,7-10,15H2,1-2H3. The molecule has 0 saturated carbocycles. The molecule has 2 rings (SSSR count). The Kier molecular flexibility index (Phi) is 3.62. The number of hydrogen-bond donors (Lipinski definition) is 1. The first-order valence-corrected chi connectivity index (χ1v) is 6.19. The third-order valence-corrected chi connectivity index (χ3v) is 3.71. The molecular formula is C14H22N2. The van der Waals surface area contributed by atoms with Crippen LogP contribution in [0.1, 0.15) is 24.5 Å². The summed E-state index contributed by atoms with van der Waals surface area (Å²) in [5.41, 5.74) is 8.80. The molecular weight excluding hydrogens is 196 g/mol. The van der Waals surface area contributed by atoms with Crippen molar-refractivity contribution >= 4 is 0 Å². The lowest BCUT2D eigenvalue weighted by Crippen LogP contribution is -2.29. The Morgan fingerprint density at radius 3 is 2.81 bits per heavy atom. The zero-order chi connectivity index (χ0) is 11.5. The predicted octanol–water partition coefficient (Wildman–Crippen LogP) is 2.16. The second-order valence-corrected chi connectivity index (χ2v) is 5.07. The van der Waals surface area contributed by atoms with Gasteiger partial charge < -0.3 is 5.73 Å². The van der Waals surface area contributed by atoms with Gasteiger partial charge in [0.15, 0.2) is 0 Å². The van der Waals surface area contributed by atoms with Gasteiger partial charge in [0.05, 0.1) is 0 Å². The largest absolute Gasteiger partial charge is 0.328 e. The van der Waals surface area contributed by atoms with Gasteiger partial charge in [0, 0.05) is 19.1 Å². The van der Waals surface area contributed by atoms with E-state index in [4.69, 9.17) is 5.73 Å². The molecule has 1 aliphatic heterocycles. The van der Waals surface area contributed by atoms with Crippen molar-refractivity contribution in [3.05, 3.63) is 35.4 Å². The molecule has 2 N–H and O–H groups in total. The van der Waals surface area contributed by atoms with E-state index < -0.39 is 0 Å². The minimum absolute atomic E-state index is 0.335. The maximum absolute atomic E-state index is 5.96. The molecule has 1 heterocycles. The van der Waals surface area contributed by atoms with Crippen molar-refractivity contribution in [1.29, 1.82) is 0 Å². The lowest BCUT2D eigenvalue weighted by molar-refractivity contribution is 0.308. The average Bonchev–Trinajstić information content (AvgIpc) is 2.70. The molecule has 88 valence electrons. The molecule has 1 aromatic carbocycles. The first-order chi connectivity index (χ1) is 7.66. The monoisotopic (exact) mass is 218 g/mol. The predicted molar refractivity (Wildman–Crippen MR) is 68.2 cm³/mol. The fraction of sp³-hybridized carbons (Fsp3) is 0.571. The minimum atomic E-state index is 0.335. The average molecular weight is 218 g/mol. The van der Waals surface area contributed by atoms with Gasteiger partial charge in [0.2, 0.25) is 0 Å². The third-order valence-electron chi connectivity index (χ3n) is 3.71. The molecule has 0 radical (unpaired) electrons. The lowest BCUT2D eigenvalue weighted by atomic mass is 10.0. The van der Waals surface area contributed by atoms with E-state index in [1.54, 1.807) is 0 Å². The molecule has 1 aliphatic rings. The van der Waals surface area contributed by atoms with E-state index >= 15 is 0 Å². The zero-order valence-electron chi connectivity index (χ0n) is 10.3. The summed E-state index contributed by atoms with van der Waals surface area (Å²) >= 11 is 0. The fourth-order valence-electron chi connectivity index (χ4n) is 2.46. The van der Waals surface area contributed by atoms with Gasteiger partial charge in [0.25, 0.3) is 0 Å². The van der Waals surface area contributed by atoms with Crippen molar-refractivity contribution in [3.63, 3.8) is 0 Å². The van der Waals surface area contributed by atoms with Crippen LogP contribution in [0.3, 0.4) is 0 Å². The van der Waals surface area contributed by atoms with Gasteiger partial charge in [-0.3, -0.25) is 4.90 Å². The van der Waals surface area contributed by atoms with Crippen LogP contribution in [0.2, 0.25) is 0 Å². The minimum Gasteiger partial charge on any atom is -0.328 e. The topological polar surface area (TPSA) is 29.3 Å². The van der Waals surface area contributed by atoms with E-state index in [0.29, 0.717) is 12.0 Å². The highest BCUT2D eigenvalue weighted by Gasteiger charge is 2.25. The van der Waals surface area contributed by atoms with E-state index in [1.807, 2.05) is 0 Å². The summed E-state index contributed by atoms with van der Waals surface area (Å²) in [6.07, 6.45) is 1.25. The Hall–Kier alpha value is -0.860. The maximum Gasteiger partial charge on any atom is 0.0236 e. The number of rotatable bonds is 3. The number of nitrogens with zero attached hydrogens (tertiary/aromatic N) is 1. The highest BCUT2D eigenvalue weighted by atomic mass is 15.1. The smallest absolute Gasteiger partial charge is 0.0236 e. The second kappa shape index (κ2) is 4.98. The van der Waals surface area contributed by atoms with Gasteiger partial charge in [-0.05, 0) is 43.9 Å². The van der Waals surface area contributed by atoms with Gasteiger partial charge in [-0.15, -0.1) is 0 Å². The second-order valence-electron chi connectivity index (χ2n) is 5.07. The van der Waals surface area contributed by atoms with Crippen molar-refractivity contribution in [2.24, 2.45) is 11.7 Å².